The van der Waals surface area contributed by atoms with Crippen molar-refractivity contribution < 1.29 is 13.2 Å². The van der Waals surface area contributed by atoms with E-state index in [0.29, 0.717) is 31.7 Å². The third-order valence-electron chi connectivity index (χ3n) is 3.78. The first-order valence-electron chi connectivity index (χ1n) is 7.39. The molecule has 1 N–H and O–H groups in total. The van der Waals surface area contributed by atoms with Crippen LogP contribution in [-0.2, 0) is 14.8 Å². The molecule has 1 aliphatic heterocycles. The number of rotatable bonds is 5. The molecular formula is C15H21BrN2O3S2. The monoisotopic (exact) mass is 420 g/mol. The lowest BCUT2D eigenvalue weighted by Gasteiger charge is -2.30. The van der Waals surface area contributed by atoms with Gasteiger partial charge in [-0.3, -0.25) is 4.79 Å². The number of piperidine rings is 1. The van der Waals surface area contributed by atoms with Crippen LogP contribution in [0, 0.1) is 6.92 Å². The topological polar surface area (TPSA) is 66.5 Å². The normalized spacial score (nSPS) is 17.2. The zero-order valence-electron chi connectivity index (χ0n) is 13.2. The van der Waals surface area contributed by atoms with E-state index in [9.17, 15) is 13.2 Å². The molecule has 23 heavy (non-hydrogen) atoms. The van der Waals surface area contributed by atoms with E-state index < -0.39 is 10.0 Å². The fourth-order valence-corrected chi connectivity index (χ4v) is 4.69. The van der Waals surface area contributed by atoms with Crippen molar-refractivity contribution >= 4 is 43.6 Å². The minimum absolute atomic E-state index is 0.00451. The van der Waals surface area contributed by atoms with Crippen molar-refractivity contribution in [3.05, 3.63) is 28.2 Å². The summed E-state index contributed by atoms with van der Waals surface area (Å²) in [7, 11) is -3.12. The van der Waals surface area contributed by atoms with Crippen LogP contribution in [0.5, 0.6) is 0 Å². The second-order valence-corrected chi connectivity index (χ2v) is 9.62. The second-order valence-electron chi connectivity index (χ2n) is 5.70. The fourth-order valence-electron chi connectivity index (χ4n) is 2.52. The van der Waals surface area contributed by atoms with Crippen LogP contribution in [0.2, 0.25) is 0 Å². The lowest BCUT2D eigenvalue weighted by Crippen LogP contribution is -2.46. The van der Waals surface area contributed by atoms with Gasteiger partial charge in [-0.25, -0.2) is 12.7 Å². The maximum Gasteiger partial charge on any atom is 0.230 e. The molecule has 0 radical (unpaired) electrons. The van der Waals surface area contributed by atoms with E-state index >= 15 is 0 Å². The van der Waals surface area contributed by atoms with E-state index in [1.165, 1.54) is 22.3 Å². The van der Waals surface area contributed by atoms with Crippen molar-refractivity contribution in [1.82, 2.24) is 9.62 Å². The largest absolute Gasteiger partial charge is 0.353 e. The number of amides is 1. The Bertz CT molecular complexity index is 671. The smallest absolute Gasteiger partial charge is 0.230 e. The number of thioether (sulfide) groups is 1. The van der Waals surface area contributed by atoms with Crippen molar-refractivity contribution in [2.24, 2.45) is 0 Å². The van der Waals surface area contributed by atoms with Crippen molar-refractivity contribution in [3.63, 3.8) is 0 Å². The third-order valence-corrected chi connectivity index (χ3v) is 6.76. The molecule has 1 amide bonds. The van der Waals surface area contributed by atoms with Crippen molar-refractivity contribution in [3.8, 4) is 0 Å². The molecule has 0 unspecified atom stereocenters. The molecule has 0 spiro atoms. The molecule has 1 heterocycles. The maximum absolute atomic E-state index is 12.1. The molecular weight excluding hydrogens is 400 g/mol. The highest BCUT2D eigenvalue weighted by Crippen LogP contribution is 2.25. The molecule has 0 saturated carbocycles. The van der Waals surface area contributed by atoms with E-state index in [-0.39, 0.29) is 11.9 Å². The lowest BCUT2D eigenvalue weighted by atomic mass is 10.1. The lowest BCUT2D eigenvalue weighted by molar-refractivity contribution is -0.119. The number of carbonyl (C=O) groups excluding carboxylic acids is 1. The van der Waals surface area contributed by atoms with Crippen LogP contribution in [0.15, 0.2) is 27.6 Å². The van der Waals surface area contributed by atoms with Gasteiger partial charge in [0.15, 0.2) is 0 Å². The van der Waals surface area contributed by atoms with Crippen LogP contribution in [0.1, 0.15) is 18.4 Å². The van der Waals surface area contributed by atoms with Crippen LogP contribution >= 0.6 is 27.7 Å². The maximum atomic E-state index is 12.1. The molecule has 1 saturated heterocycles. The summed E-state index contributed by atoms with van der Waals surface area (Å²) < 4.78 is 25.4. The Hall–Kier alpha value is -0.570. The van der Waals surface area contributed by atoms with Crippen LogP contribution in [0.3, 0.4) is 0 Å². The minimum atomic E-state index is -3.12. The average molecular weight is 421 g/mol. The average Bonchev–Trinajstić information content (AvgIpc) is 2.46. The SMILES string of the molecule is Cc1cc(Br)ccc1SCC(=O)NC1CCN(S(C)(=O)=O)CC1. The molecule has 5 nitrogen and oxygen atoms in total. The zero-order chi connectivity index (χ0) is 17.0. The van der Waals surface area contributed by atoms with Gasteiger partial charge < -0.3 is 5.32 Å². The molecule has 1 fully saturated rings. The number of hydrogen-bond acceptors (Lipinski definition) is 4. The minimum Gasteiger partial charge on any atom is -0.353 e. The van der Waals surface area contributed by atoms with Crippen LogP contribution in [0.4, 0.5) is 0 Å². The van der Waals surface area contributed by atoms with Gasteiger partial charge in [0.1, 0.15) is 0 Å². The Labute approximate surface area is 150 Å². The Morgan fingerprint density at radius 1 is 1.39 bits per heavy atom. The molecule has 8 heteroatoms. The van der Waals surface area contributed by atoms with Crippen molar-refractivity contribution in [2.75, 3.05) is 25.1 Å². The quantitative estimate of drug-likeness (QED) is 0.742. The number of sulfonamides is 1. The van der Waals surface area contributed by atoms with Gasteiger partial charge in [0.05, 0.1) is 12.0 Å². The Balaban J connectivity index is 1.78. The molecule has 0 aliphatic carbocycles. The highest BCUT2D eigenvalue weighted by Gasteiger charge is 2.25. The predicted octanol–water partition coefficient (Wildman–Crippen LogP) is 2.39. The summed E-state index contributed by atoms with van der Waals surface area (Å²) in [6, 6.07) is 6.06. The Morgan fingerprint density at radius 3 is 2.61 bits per heavy atom. The van der Waals surface area contributed by atoms with Crippen LogP contribution < -0.4 is 5.32 Å². The highest BCUT2D eigenvalue weighted by atomic mass is 79.9. The summed E-state index contributed by atoms with van der Waals surface area (Å²) >= 11 is 4.94. The van der Waals surface area contributed by atoms with Crippen molar-refractivity contribution in [2.45, 2.75) is 30.7 Å². The van der Waals surface area contributed by atoms with Gasteiger partial charge in [0, 0.05) is 28.5 Å². The third kappa shape index (κ3) is 5.77. The number of hydrogen-bond donors (Lipinski definition) is 1. The summed E-state index contributed by atoms with van der Waals surface area (Å²) in [4.78, 5) is 13.2. The first kappa shape index (κ1) is 18.8. The first-order chi connectivity index (χ1) is 10.8. The van der Waals surface area contributed by atoms with E-state index in [1.807, 2.05) is 25.1 Å². The van der Waals surface area contributed by atoms with Gasteiger partial charge >= 0.3 is 0 Å². The van der Waals surface area contributed by atoms with Gasteiger partial charge in [-0.1, -0.05) is 15.9 Å². The number of nitrogens with zero attached hydrogens (tertiary/aromatic N) is 1. The van der Waals surface area contributed by atoms with Gasteiger partial charge in [-0.05, 0) is 43.5 Å². The van der Waals surface area contributed by atoms with E-state index in [1.54, 1.807) is 0 Å². The molecule has 128 valence electrons. The number of benzene rings is 1. The predicted molar refractivity (Wildman–Crippen MR) is 97.2 cm³/mol. The molecule has 1 aromatic rings. The first-order valence-corrected chi connectivity index (χ1v) is 11.0. The zero-order valence-corrected chi connectivity index (χ0v) is 16.4. The summed E-state index contributed by atoms with van der Waals surface area (Å²) in [6.07, 6.45) is 2.56. The molecule has 1 aliphatic rings. The summed E-state index contributed by atoms with van der Waals surface area (Å²) in [5.41, 5.74) is 1.14. The van der Waals surface area contributed by atoms with Gasteiger partial charge in [-0.2, -0.15) is 0 Å². The van der Waals surface area contributed by atoms with E-state index in [2.05, 4.69) is 21.2 Å². The summed E-state index contributed by atoms with van der Waals surface area (Å²) in [5, 5.41) is 3.00. The summed E-state index contributed by atoms with van der Waals surface area (Å²) in [6.45, 7) is 2.97. The number of halogens is 1. The second kappa shape index (κ2) is 8.00. The highest BCUT2D eigenvalue weighted by molar-refractivity contribution is 9.10. The van der Waals surface area contributed by atoms with E-state index in [4.69, 9.17) is 0 Å². The molecule has 0 aromatic heterocycles. The Morgan fingerprint density at radius 2 is 2.04 bits per heavy atom. The molecule has 2 rings (SSSR count). The molecule has 0 bridgehead atoms. The summed E-state index contributed by atoms with van der Waals surface area (Å²) in [5.74, 6) is 0.365. The fraction of sp³-hybridized carbons (Fsp3) is 0.533. The Kier molecular flexibility index (Phi) is 6.53. The van der Waals surface area contributed by atoms with Gasteiger partial charge in [0.25, 0.3) is 0 Å². The number of nitrogens with one attached hydrogen (secondary N) is 1. The molecule has 1 aromatic carbocycles. The standard InChI is InChI=1S/C15H21BrN2O3S2/c1-11-9-12(16)3-4-14(11)22-10-15(19)17-13-5-7-18(8-6-13)23(2,20)21/h3-4,9,13H,5-8,10H2,1-2H3,(H,17,19). The molecule has 0 atom stereocenters. The van der Waals surface area contributed by atoms with E-state index in [0.717, 1.165) is 14.9 Å². The van der Waals surface area contributed by atoms with Crippen LogP contribution in [-0.4, -0.2) is 49.8 Å². The number of aryl methyl sites for hydroxylation is 1. The van der Waals surface area contributed by atoms with Crippen LogP contribution in [0.25, 0.3) is 0 Å². The van der Waals surface area contributed by atoms with Gasteiger partial charge in [-0.15, -0.1) is 11.8 Å². The number of carbonyl (C=O) groups is 1. The van der Waals surface area contributed by atoms with Gasteiger partial charge in [0.2, 0.25) is 15.9 Å². The van der Waals surface area contributed by atoms with Crippen molar-refractivity contribution in [1.29, 1.82) is 0 Å².